The molecule has 1 aliphatic rings. The van der Waals surface area contributed by atoms with Gasteiger partial charge in [0, 0.05) is 53.1 Å². The quantitative estimate of drug-likeness (QED) is 0.147. The lowest BCUT2D eigenvalue weighted by atomic mass is 9.92. The molecular weight excluding hydrogens is 808 g/mol. The predicted octanol–water partition coefficient (Wildman–Crippen LogP) is 6.82. The first kappa shape index (κ1) is 41.9. The average molecular weight is 845 g/mol. The molecule has 20 heteroatoms. The van der Waals surface area contributed by atoms with E-state index in [0.717, 1.165) is 28.3 Å². The van der Waals surface area contributed by atoms with Gasteiger partial charge in [-0.2, -0.15) is 18.3 Å². The van der Waals surface area contributed by atoms with Gasteiger partial charge >= 0.3 is 12.1 Å². The third kappa shape index (κ3) is 9.47. The number of amides is 2. The second-order valence-electron chi connectivity index (χ2n) is 14.4. The number of hydrogen-bond acceptors (Lipinski definition) is 9. The lowest BCUT2D eigenvalue weighted by molar-refractivity contribution is -0.192. The summed E-state index contributed by atoms with van der Waals surface area (Å²) in [6, 6.07) is 19.3. The van der Waals surface area contributed by atoms with Crippen LogP contribution in [0.4, 0.5) is 27.6 Å². The molecule has 8 rings (SSSR count). The van der Waals surface area contributed by atoms with Crippen LogP contribution in [0.1, 0.15) is 49.8 Å². The van der Waals surface area contributed by atoms with Crippen LogP contribution >= 0.6 is 0 Å². The number of aryl methyl sites for hydroxylation is 3. The molecule has 1 atom stereocenters. The van der Waals surface area contributed by atoms with Crippen LogP contribution in [0.2, 0.25) is 0 Å². The van der Waals surface area contributed by atoms with Crippen molar-refractivity contribution in [1.29, 1.82) is 0 Å². The zero-order valence-electron chi connectivity index (χ0n) is 32.8. The Morgan fingerprint density at radius 1 is 0.967 bits per heavy atom. The van der Waals surface area contributed by atoms with Gasteiger partial charge in [-0.1, -0.05) is 23.4 Å². The van der Waals surface area contributed by atoms with Crippen LogP contribution in [0.5, 0.6) is 5.75 Å². The molecule has 7 aromatic rings. The number of alkyl halides is 5. The summed E-state index contributed by atoms with van der Waals surface area (Å²) in [6.07, 6.45) is 1.96. The molecule has 2 aromatic carbocycles. The molecule has 0 spiro atoms. The largest absolute Gasteiger partial charge is 0.490 e. The Morgan fingerprint density at radius 3 is 2.36 bits per heavy atom. The fourth-order valence-corrected chi connectivity index (χ4v) is 6.79. The summed E-state index contributed by atoms with van der Waals surface area (Å²) in [5.74, 6) is -7.18. The minimum atomic E-state index is -5.08. The van der Waals surface area contributed by atoms with E-state index < -0.39 is 36.4 Å². The molecule has 316 valence electrons. The Hall–Kier alpha value is -7.25. The van der Waals surface area contributed by atoms with Crippen molar-refractivity contribution in [2.24, 2.45) is 5.92 Å². The molecule has 6 heterocycles. The minimum Gasteiger partial charge on any atom is -0.487 e. The smallest absolute Gasteiger partial charge is 0.487 e. The number of aromatic nitrogens is 8. The summed E-state index contributed by atoms with van der Waals surface area (Å²) in [7, 11) is 0. The Labute approximate surface area is 343 Å². The van der Waals surface area contributed by atoms with Gasteiger partial charge in [-0.15, -0.1) is 5.10 Å². The number of nitrogens with zero attached hydrogens (tertiary/aromatic N) is 9. The highest BCUT2D eigenvalue weighted by molar-refractivity contribution is 6.08. The molecule has 1 aliphatic heterocycles. The summed E-state index contributed by atoms with van der Waals surface area (Å²) in [5, 5.41) is 22.6. The number of rotatable bonds is 9. The number of halogens is 5. The number of carboxylic acid groups (broad SMARTS) is 1. The van der Waals surface area contributed by atoms with Crippen molar-refractivity contribution in [1.82, 2.24) is 43.9 Å². The van der Waals surface area contributed by atoms with E-state index in [1.807, 2.05) is 55.8 Å². The highest BCUT2D eigenvalue weighted by Crippen LogP contribution is 2.35. The maximum absolute atomic E-state index is 15.5. The number of nitrogens with one attached hydrogen (secondary N) is 1. The third-order valence-electron chi connectivity index (χ3n) is 9.90. The first-order valence-corrected chi connectivity index (χ1v) is 18.7. The van der Waals surface area contributed by atoms with Crippen LogP contribution in [0.15, 0.2) is 91.5 Å². The van der Waals surface area contributed by atoms with Gasteiger partial charge in [0.1, 0.15) is 29.3 Å². The molecule has 1 fully saturated rings. The van der Waals surface area contributed by atoms with Crippen LogP contribution in [-0.4, -0.2) is 92.0 Å². The number of anilines is 1. The van der Waals surface area contributed by atoms with Crippen molar-refractivity contribution in [3.8, 4) is 17.0 Å². The number of carbonyl (C=O) groups is 3. The number of likely N-dealkylation sites (tertiary alicyclic amines) is 1. The number of imidazole rings is 1. The van der Waals surface area contributed by atoms with Crippen LogP contribution in [0, 0.1) is 26.7 Å². The number of piperidine rings is 1. The molecule has 0 aliphatic carbocycles. The molecular formula is C41H37F5N10O5. The molecule has 1 saturated heterocycles. The van der Waals surface area contributed by atoms with E-state index in [9.17, 15) is 22.8 Å². The van der Waals surface area contributed by atoms with Gasteiger partial charge in [-0.05, 0) is 81.3 Å². The molecule has 0 saturated carbocycles. The number of pyridine rings is 1. The summed E-state index contributed by atoms with van der Waals surface area (Å²) < 4.78 is 73.6. The van der Waals surface area contributed by atoms with Crippen LogP contribution < -0.4 is 10.1 Å². The van der Waals surface area contributed by atoms with Gasteiger partial charge in [0.25, 0.3) is 17.7 Å². The summed E-state index contributed by atoms with van der Waals surface area (Å²) >= 11 is 0. The molecule has 5 aromatic heterocycles. The molecule has 1 unspecified atom stereocenters. The van der Waals surface area contributed by atoms with E-state index in [2.05, 4.69) is 30.7 Å². The summed E-state index contributed by atoms with van der Waals surface area (Å²) in [4.78, 5) is 45.4. The van der Waals surface area contributed by atoms with E-state index in [4.69, 9.17) is 14.6 Å². The number of ether oxygens (including phenoxy) is 1. The van der Waals surface area contributed by atoms with E-state index in [0.29, 0.717) is 39.5 Å². The Balaban J connectivity index is 0.000000739. The minimum absolute atomic E-state index is 0.0548. The Morgan fingerprint density at radius 2 is 1.69 bits per heavy atom. The maximum atomic E-state index is 15.5. The van der Waals surface area contributed by atoms with Crippen LogP contribution in [0.25, 0.3) is 22.6 Å². The molecule has 61 heavy (non-hydrogen) atoms. The van der Waals surface area contributed by atoms with Crippen LogP contribution in [0.3, 0.4) is 0 Å². The zero-order chi connectivity index (χ0) is 43.6. The van der Waals surface area contributed by atoms with Crippen molar-refractivity contribution in [2.75, 3.05) is 18.4 Å². The van der Waals surface area contributed by atoms with Crippen molar-refractivity contribution in [2.45, 2.75) is 52.4 Å². The second-order valence-corrected chi connectivity index (χ2v) is 14.4. The molecule has 0 bridgehead atoms. The second kappa shape index (κ2) is 16.8. The van der Waals surface area contributed by atoms with Gasteiger partial charge in [-0.25, -0.2) is 28.1 Å². The number of benzene rings is 2. The van der Waals surface area contributed by atoms with E-state index in [1.54, 1.807) is 59.2 Å². The molecule has 0 radical (unpaired) electrons. The number of carboxylic acids is 1. The molecule has 15 nitrogen and oxygen atoms in total. The SMILES string of the molecule is Cc1cc(C)n2ncc(C(=O)Nc3ccc(-c4cn(CC5CCN(C(=O)c6ccc(OCc7cn8cccc(C)c8n7)cc6)CC5(F)F)nn4)cc3)c2n1.O=C(O)C(F)(F)F. The number of carbonyl (C=O) groups excluding carboxylic acids is 2. The van der Waals surface area contributed by atoms with Crippen molar-refractivity contribution < 1.29 is 46.2 Å². The van der Waals surface area contributed by atoms with Crippen LogP contribution in [-0.2, 0) is 17.9 Å². The number of aliphatic carboxylic acids is 1. The van der Waals surface area contributed by atoms with Gasteiger partial charge in [0.15, 0.2) is 5.65 Å². The maximum Gasteiger partial charge on any atom is 0.490 e. The van der Waals surface area contributed by atoms with Gasteiger partial charge < -0.3 is 24.5 Å². The summed E-state index contributed by atoms with van der Waals surface area (Å²) in [6.45, 7) is 5.43. The monoisotopic (exact) mass is 844 g/mol. The Bertz CT molecular complexity index is 2730. The van der Waals surface area contributed by atoms with E-state index >= 15 is 8.78 Å². The fourth-order valence-electron chi connectivity index (χ4n) is 6.79. The van der Waals surface area contributed by atoms with E-state index in [1.165, 1.54) is 15.8 Å². The van der Waals surface area contributed by atoms with Crippen molar-refractivity contribution in [3.63, 3.8) is 0 Å². The zero-order valence-corrected chi connectivity index (χ0v) is 32.8. The number of fused-ring (bicyclic) bond motifs is 2. The first-order valence-electron chi connectivity index (χ1n) is 18.7. The highest BCUT2D eigenvalue weighted by Gasteiger charge is 2.46. The number of hydrogen-bond donors (Lipinski definition) is 2. The molecule has 2 amide bonds. The highest BCUT2D eigenvalue weighted by atomic mass is 19.4. The summed E-state index contributed by atoms with van der Waals surface area (Å²) in [5.41, 5.74) is 7.24. The lowest BCUT2D eigenvalue weighted by Gasteiger charge is -2.38. The van der Waals surface area contributed by atoms with Gasteiger partial charge in [0.05, 0.1) is 31.2 Å². The normalized spacial score (nSPS) is 15.0. The van der Waals surface area contributed by atoms with Crippen molar-refractivity contribution in [3.05, 3.63) is 125 Å². The van der Waals surface area contributed by atoms with Gasteiger partial charge in [-0.3, -0.25) is 14.3 Å². The fraction of sp³-hybridized carbons (Fsp3) is 0.268. The third-order valence-corrected chi connectivity index (χ3v) is 9.90. The average Bonchev–Trinajstić information content (AvgIpc) is 3.97. The lowest BCUT2D eigenvalue weighted by Crippen LogP contribution is -2.51. The standard InChI is InChI=1S/C39H36F2N10O3.C2HF3O2/c1-24-5-4-15-48-20-31(44-35(24)48)22-54-32-12-8-28(9-13-32)38(53)49-16-14-29(39(40,41)23-49)19-50-21-34(46-47-50)27-6-10-30(11-7-27)45-37(52)33-18-42-51-26(3)17-25(2)43-36(33)51;3-2(4,5)1(6)7/h4-13,15,17-18,20-21,29H,14,16,19,22-23H2,1-3H3,(H,45,52);(H,6,7). The Kier molecular flexibility index (Phi) is 11.5. The van der Waals surface area contributed by atoms with Gasteiger partial charge in [0.2, 0.25) is 0 Å². The topological polar surface area (TPSA) is 174 Å². The van der Waals surface area contributed by atoms with E-state index in [-0.39, 0.29) is 32.0 Å². The predicted molar refractivity (Wildman–Crippen MR) is 209 cm³/mol. The van der Waals surface area contributed by atoms with Crippen molar-refractivity contribution >= 4 is 34.8 Å². The first-order chi connectivity index (χ1) is 28.9. The molecule has 2 N–H and O–H groups in total.